The number of sulfonamides is 1. The van der Waals surface area contributed by atoms with Crippen molar-refractivity contribution in [2.75, 3.05) is 36.9 Å². The lowest BCUT2D eigenvalue weighted by atomic mass is 10.2. The van der Waals surface area contributed by atoms with E-state index in [1.807, 2.05) is 0 Å². The fraction of sp³-hybridized carbons (Fsp3) is 0.316. The largest absolute Gasteiger partial charge is 0.504 e. The molecule has 1 fully saturated rings. The molecule has 2 aromatic carbocycles. The maximum Gasteiger partial charge on any atom is 0.323 e. The van der Waals surface area contributed by atoms with Crippen LogP contribution >= 0.6 is 34.8 Å². The number of morpholine rings is 1. The van der Waals surface area contributed by atoms with Gasteiger partial charge in [0.25, 0.3) is 0 Å². The van der Waals surface area contributed by atoms with Gasteiger partial charge in [0, 0.05) is 19.6 Å². The molecule has 1 atom stereocenters. The predicted octanol–water partition coefficient (Wildman–Crippen LogP) is 3.65. The Bertz CT molecular complexity index is 1090. The average Bonchev–Trinajstić information content (AvgIpc) is 2.74. The molecule has 5 N–H and O–H groups in total. The Labute approximate surface area is 200 Å². The number of aromatic hydroxyl groups is 1. The number of rotatable bonds is 7. The standard InChI is InChI=1S/C19H21Cl3N4O5S/c20-12-2-1-3-14(16(12)22)25-19(28)26-15-5-4-13(21)18(17(15)27)32(29,30)24-7-6-11-10-23-8-9-31-11/h1-5,11,23-24,27H,6-10H2,(H2,25,26,28). The van der Waals surface area contributed by atoms with Gasteiger partial charge in [0.15, 0.2) is 5.75 Å². The van der Waals surface area contributed by atoms with Crippen LogP contribution in [-0.2, 0) is 14.8 Å². The third kappa shape index (κ3) is 6.16. The van der Waals surface area contributed by atoms with Crippen molar-refractivity contribution in [3.8, 4) is 5.75 Å². The molecule has 0 saturated carbocycles. The number of hydrogen-bond donors (Lipinski definition) is 5. The summed E-state index contributed by atoms with van der Waals surface area (Å²) in [5, 5.41) is 18.7. The quantitative estimate of drug-likeness (QED) is 0.352. The Kier molecular flexibility index (Phi) is 8.45. The van der Waals surface area contributed by atoms with Crippen molar-refractivity contribution >= 4 is 62.2 Å². The number of ether oxygens (including phenoxy) is 1. The zero-order chi connectivity index (χ0) is 23.3. The van der Waals surface area contributed by atoms with Crippen molar-refractivity contribution in [1.29, 1.82) is 0 Å². The Balaban J connectivity index is 1.71. The molecule has 2 amide bonds. The highest BCUT2D eigenvalue weighted by Crippen LogP contribution is 2.37. The Morgan fingerprint density at radius 2 is 1.88 bits per heavy atom. The smallest absolute Gasteiger partial charge is 0.323 e. The normalized spacial score (nSPS) is 16.5. The topological polar surface area (TPSA) is 129 Å². The molecule has 1 saturated heterocycles. The van der Waals surface area contributed by atoms with Gasteiger partial charge in [-0.25, -0.2) is 17.9 Å². The van der Waals surface area contributed by atoms with Crippen LogP contribution in [0.4, 0.5) is 16.2 Å². The number of carbonyl (C=O) groups excluding carboxylic acids is 1. The minimum atomic E-state index is -4.17. The number of nitrogens with one attached hydrogen (secondary N) is 4. The van der Waals surface area contributed by atoms with Crippen molar-refractivity contribution in [1.82, 2.24) is 10.0 Å². The van der Waals surface area contributed by atoms with Crippen molar-refractivity contribution in [2.24, 2.45) is 0 Å². The van der Waals surface area contributed by atoms with Crippen LogP contribution in [0.15, 0.2) is 35.2 Å². The molecule has 174 valence electrons. The summed E-state index contributed by atoms with van der Waals surface area (Å²) in [6, 6.07) is 6.43. The summed E-state index contributed by atoms with van der Waals surface area (Å²) >= 11 is 18.0. The van der Waals surface area contributed by atoms with Gasteiger partial charge in [0.05, 0.1) is 39.2 Å². The SMILES string of the molecule is O=C(Nc1ccc(Cl)c(S(=O)(=O)NCCC2CNCCO2)c1O)Nc1cccc(Cl)c1Cl. The summed E-state index contributed by atoms with van der Waals surface area (Å²) in [6.45, 7) is 2.01. The molecule has 0 bridgehead atoms. The predicted molar refractivity (Wildman–Crippen MR) is 125 cm³/mol. The van der Waals surface area contributed by atoms with Crippen LogP contribution in [0.25, 0.3) is 0 Å². The first-order chi connectivity index (χ1) is 15.2. The lowest BCUT2D eigenvalue weighted by Crippen LogP contribution is -2.40. The number of halogens is 3. The third-order valence-corrected chi connectivity index (χ3v) is 7.34. The van der Waals surface area contributed by atoms with Crippen LogP contribution in [0.5, 0.6) is 5.75 Å². The molecule has 1 aliphatic rings. The highest BCUT2D eigenvalue weighted by Gasteiger charge is 2.26. The summed E-state index contributed by atoms with van der Waals surface area (Å²) in [5.41, 5.74) is 0.0734. The first-order valence-corrected chi connectivity index (χ1v) is 12.2. The van der Waals surface area contributed by atoms with E-state index in [1.165, 1.54) is 18.2 Å². The molecule has 0 radical (unpaired) electrons. The number of amides is 2. The molecule has 0 spiro atoms. The summed E-state index contributed by atoms with van der Waals surface area (Å²) < 4.78 is 33.4. The van der Waals surface area contributed by atoms with Crippen LogP contribution in [0, 0.1) is 0 Å². The minimum Gasteiger partial charge on any atom is -0.504 e. The molecule has 0 aliphatic carbocycles. The lowest BCUT2D eigenvalue weighted by Gasteiger charge is -2.23. The van der Waals surface area contributed by atoms with Gasteiger partial charge in [-0.3, -0.25) is 0 Å². The van der Waals surface area contributed by atoms with E-state index in [9.17, 15) is 18.3 Å². The second kappa shape index (κ2) is 10.9. The van der Waals surface area contributed by atoms with Crippen molar-refractivity contribution in [3.05, 3.63) is 45.4 Å². The van der Waals surface area contributed by atoms with E-state index in [-0.39, 0.29) is 39.1 Å². The van der Waals surface area contributed by atoms with Gasteiger partial charge in [0.2, 0.25) is 10.0 Å². The van der Waals surface area contributed by atoms with E-state index in [0.717, 1.165) is 6.54 Å². The number of carbonyl (C=O) groups is 1. The number of phenols is 1. The summed E-state index contributed by atoms with van der Waals surface area (Å²) in [5.74, 6) is -0.701. The molecule has 1 heterocycles. The number of anilines is 2. The van der Waals surface area contributed by atoms with E-state index in [0.29, 0.717) is 19.6 Å². The number of urea groups is 1. The highest BCUT2D eigenvalue weighted by molar-refractivity contribution is 7.89. The van der Waals surface area contributed by atoms with Crippen molar-refractivity contribution < 1.29 is 23.1 Å². The molecular weight excluding hydrogens is 503 g/mol. The number of phenolic OH excluding ortho intramolecular Hbond substituents is 1. The summed E-state index contributed by atoms with van der Waals surface area (Å²) in [6.07, 6.45) is 0.316. The molecule has 1 unspecified atom stereocenters. The van der Waals surface area contributed by atoms with Gasteiger partial charge in [0.1, 0.15) is 4.90 Å². The second-order valence-corrected chi connectivity index (χ2v) is 9.73. The molecule has 0 aromatic heterocycles. The van der Waals surface area contributed by atoms with E-state index < -0.39 is 26.7 Å². The molecule has 13 heteroatoms. The summed E-state index contributed by atoms with van der Waals surface area (Å²) in [7, 11) is -4.17. The molecule has 3 rings (SSSR count). The lowest BCUT2D eigenvalue weighted by molar-refractivity contribution is 0.0247. The van der Waals surface area contributed by atoms with Gasteiger partial charge < -0.3 is 25.8 Å². The molecular formula is C19H21Cl3N4O5S. The first kappa shape index (κ1) is 24.8. The van der Waals surface area contributed by atoms with Gasteiger partial charge >= 0.3 is 6.03 Å². The van der Waals surface area contributed by atoms with Gasteiger partial charge in [-0.05, 0) is 30.7 Å². The van der Waals surface area contributed by atoms with Crippen LogP contribution < -0.4 is 20.7 Å². The Morgan fingerprint density at radius 3 is 2.59 bits per heavy atom. The van der Waals surface area contributed by atoms with Crippen LogP contribution in [0.2, 0.25) is 15.1 Å². The highest BCUT2D eigenvalue weighted by atomic mass is 35.5. The van der Waals surface area contributed by atoms with Gasteiger partial charge in [-0.2, -0.15) is 0 Å². The Morgan fingerprint density at radius 1 is 1.12 bits per heavy atom. The second-order valence-electron chi connectivity index (χ2n) is 6.84. The maximum atomic E-state index is 12.8. The van der Waals surface area contributed by atoms with Crippen LogP contribution in [0.1, 0.15) is 6.42 Å². The number of benzene rings is 2. The van der Waals surface area contributed by atoms with Crippen molar-refractivity contribution in [2.45, 2.75) is 17.4 Å². The Hall–Kier alpha value is -1.79. The van der Waals surface area contributed by atoms with E-state index in [4.69, 9.17) is 39.5 Å². The van der Waals surface area contributed by atoms with Gasteiger partial charge in [-0.1, -0.05) is 40.9 Å². The third-order valence-electron chi connectivity index (χ3n) is 4.56. The maximum absolute atomic E-state index is 12.8. The monoisotopic (exact) mass is 522 g/mol. The fourth-order valence-electron chi connectivity index (χ4n) is 3.01. The molecule has 1 aliphatic heterocycles. The molecule has 2 aromatic rings. The minimum absolute atomic E-state index is 0.0792. The van der Waals surface area contributed by atoms with E-state index in [1.54, 1.807) is 12.1 Å². The van der Waals surface area contributed by atoms with E-state index in [2.05, 4.69) is 20.7 Å². The fourth-order valence-corrected chi connectivity index (χ4v) is 5.04. The van der Waals surface area contributed by atoms with Crippen molar-refractivity contribution in [3.63, 3.8) is 0 Å². The van der Waals surface area contributed by atoms with Gasteiger partial charge in [-0.15, -0.1) is 0 Å². The summed E-state index contributed by atoms with van der Waals surface area (Å²) in [4.78, 5) is 11.8. The average molecular weight is 524 g/mol. The number of hydrogen-bond acceptors (Lipinski definition) is 6. The van der Waals surface area contributed by atoms with E-state index >= 15 is 0 Å². The molecule has 9 nitrogen and oxygen atoms in total. The molecule has 32 heavy (non-hydrogen) atoms. The van der Waals surface area contributed by atoms with Crippen LogP contribution in [-0.4, -0.2) is 51.9 Å². The zero-order valence-electron chi connectivity index (χ0n) is 16.6. The zero-order valence-corrected chi connectivity index (χ0v) is 19.7. The first-order valence-electron chi connectivity index (χ1n) is 9.54. The van der Waals surface area contributed by atoms with Crippen LogP contribution in [0.3, 0.4) is 0 Å².